The van der Waals surface area contributed by atoms with E-state index in [-0.39, 0.29) is 0 Å². The van der Waals surface area contributed by atoms with E-state index in [9.17, 15) is 4.57 Å². The van der Waals surface area contributed by atoms with E-state index in [1.807, 2.05) is 0 Å². The lowest BCUT2D eigenvalue weighted by atomic mass is 10.3. The van der Waals surface area contributed by atoms with Gasteiger partial charge in [0.1, 0.15) is 0 Å². The molecule has 104 valence electrons. The third-order valence-electron chi connectivity index (χ3n) is 3.51. The van der Waals surface area contributed by atoms with Gasteiger partial charge in [-0.2, -0.15) is 0 Å². The Balaban J connectivity index is 4.00. The Bertz CT molecular complexity index is 168. The maximum absolute atomic E-state index is 12.8. The first kappa shape index (κ1) is 17.2. The third kappa shape index (κ3) is 9.89. The molecule has 0 N–H and O–H groups in total. The van der Waals surface area contributed by atoms with Crippen molar-refractivity contribution in [2.45, 2.75) is 78.6 Å². The van der Waals surface area contributed by atoms with Gasteiger partial charge in [-0.1, -0.05) is 59.3 Å². The van der Waals surface area contributed by atoms with Gasteiger partial charge in [-0.25, -0.2) is 0 Å². The molecule has 0 amide bonds. The van der Waals surface area contributed by atoms with Gasteiger partial charge in [-0.05, 0) is 19.3 Å². The lowest BCUT2D eigenvalue weighted by Gasteiger charge is -2.18. The number of rotatable bonds is 12. The minimum atomic E-state index is -1.81. The summed E-state index contributed by atoms with van der Waals surface area (Å²) in [5, 5.41) is 0. The van der Waals surface area contributed by atoms with Crippen molar-refractivity contribution in [3.05, 3.63) is 0 Å². The molecule has 0 fully saturated rings. The van der Waals surface area contributed by atoms with Crippen molar-refractivity contribution in [2.24, 2.45) is 0 Å². The van der Waals surface area contributed by atoms with Crippen LogP contribution in [0.3, 0.4) is 0 Å². The van der Waals surface area contributed by atoms with Gasteiger partial charge < -0.3 is 4.57 Å². The van der Waals surface area contributed by atoms with Gasteiger partial charge in [0.15, 0.2) is 0 Å². The van der Waals surface area contributed by atoms with Crippen molar-refractivity contribution in [3.8, 4) is 0 Å². The third-order valence-corrected chi connectivity index (χ3v) is 6.90. The van der Waals surface area contributed by atoms with Gasteiger partial charge in [0.25, 0.3) is 0 Å². The molecule has 0 aromatic rings. The SMILES string of the molecule is CCCCCP(=O)(CCCCC)CCCCC. The average Bonchev–Trinajstić information content (AvgIpc) is 2.30. The van der Waals surface area contributed by atoms with Crippen LogP contribution in [-0.4, -0.2) is 18.5 Å². The molecule has 0 aromatic heterocycles. The Hall–Kier alpha value is 0.230. The molecule has 0 unspecified atom stereocenters. The second-order valence-electron chi connectivity index (χ2n) is 5.35. The summed E-state index contributed by atoms with van der Waals surface area (Å²) in [4.78, 5) is 0. The molecule has 1 nitrogen and oxygen atoms in total. The van der Waals surface area contributed by atoms with Crippen molar-refractivity contribution in [1.29, 1.82) is 0 Å². The highest BCUT2D eigenvalue weighted by Crippen LogP contribution is 2.48. The first-order chi connectivity index (χ1) is 8.18. The van der Waals surface area contributed by atoms with E-state index in [0.717, 1.165) is 18.5 Å². The Morgan fingerprint density at radius 3 is 1.12 bits per heavy atom. The molecule has 0 rings (SSSR count). The topological polar surface area (TPSA) is 17.1 Å². The minimum Gasteiger partial charge on any atom is -0.324 e. The molecule has 0 aliphatic heterocycles. The van der Waals surface area contributed by atoms with Crippen LogP contribution in [-0.2, 0) is 4.57 Å². The fourth-order valence-corrected chi connectivity index (χ4v) is 5.36. The zero-order valence-corrected chi connectivity index (χ0v) is 13.2. The van der Waals surface area contributed by atoms with Gasteiger partial charge in [0.05, 0.1) is 7.14 Å². The molecule has 0 aromatic carbocycles. The lowest BCUT2D eigenvalue weighted by molar-refractivity contribution is 0.564. The monoisotopic (exact) mass is 260 g/mol. The predicted octanol–water partition coefficient (Wildman–Crippen LogP) is 5.92. The van der Waals surface area contributed by atoms with Crippen LogP contribution in [0.25, 0.3) is 0 Å². The fourth-order valence-electron chi connectivity index (χ4n) is 2.29. The Labute approximate surface area is 109 Å². The van der Waals surface area contributed by atoms with Gasteiger partial charge in [-0.3, -0.25) is 0 Å². The number of unbranched alkanes of at least 4 members (excludes halogenated alkanes) is 6. The van der Waals surface area contributed by atoms with Crippen molar-refractivity contribution in [2.75, 3.05) is 18.5 Å². The van der Waals surface area contributed by atoms with Crippen LogP contribution in [0, 0.1) is 0 Å². The van der Waals surface area contributed by atoms with E-state index in [4.69, 9.17) is 0 Å². The molecule has 0 aliphatic carbocycles. The van der Waals surface area contributed by atoms with Crippen LogP contribution in [0.2, 0.25) is 0 Å². The van der Waals surface area contributed by atoms with Crippen LogP contribution in [0.4, 0.5) is 0 Å². The molecule has 2 heteroatoms. The summed E-state index contributed by atoms with van der Waals surface area (Å²) >= 11 is 0. The van der Waals surface area contributed by atoms with Crippen molar-refractivity contribution in [1.82, 2.24) is 0 Å². The maximum Gasteiger partial charge on any atom is 0.0877 e. The molecule has 0 atom stereocenters. The van der Waals surface area contributed by atoms with E-state index < -0.39 is 7.14 Å². The normalized spacial score (nSPS) is 11.9. The Kier molecular flexibility index (Phi) is 11.5. The van der Waals surface area contributed by atoms with Crippen molar-refractivity contribution < 1.29 is 4.57 Å². The second-order valence-corrected chi connectivity index (χ2v) is 8.81. The standard InChI is InChI=1S/C15H33OP/c1-4-7-10-13-17(16,14-11-8-5-2)15-12-9-6-3/h4-15H2,1-3H3. The molecule has 0 aliphatic rings. The predicted molar refractivity (Wildman–Crippen MR) is 80.8 cm³/mol. The number of hydrogen-bond donors (Lipinski definition) is 0. The van der Waals surface area contributed by atoms with Crippen LogP contribution in [0.5, 0.6) is 0 Å². The van der Waals surface area contributed by atoms with E-state index in [1.54, 1.807) is 0 Å². The largest absolute Gasteiger partial charge is 0.324 e. The molecule has 0 radical (unpaired) electrons. The van der Waals surface area contributed by atoms with Crippen LogP contribution in [0.15, 0.2) is 0 Å². The lowest BCUT2D eigenvalue weighted by Crippen LogP contribution is -2.01. The highest BCUT2D eigenvalue weighted by atomic mass is 31.2. The van der Waals surface area contributed by atoms with E-state index in [2.05, 4.69) is 20.8 Å². The minimum absolute atomic E-state index is 1.02. The second kappa shape index (κ2) is 11.3. The zero-order chi connectivity index (χ0) is 13.0. The van der Waals surface area contributed by atoms with Crippen LogP contribution in [0.1, 0.15) is 78.6 Å². The summed E-state index contributed by atoms with van der Waals surface area (Å²) in [5.41, 5.74) is 0. The Morgan fingerprint density at radius 1 is 0.588 bits per heavy atom. The highest BCUT2D eigenvalue weighted by molar-refractivity contribution is 7.63. The summed E-state index contributed by atoms with van der Waals surface area (Å²) in [6, 6.07) is 0. The molecule has 0 heterocycles. The molecular formula is C15H33OP. The molecule has 0 saturated carbocycles. The van der Waals surface area contributed by atoms with Crippen molar-refractivity contribution in [3.63, 3.8) is 0 Å². The molecular weight excluding hydrogens is 227 g/mol. The smallest absolute Gasteiger partial charge is 0.0877 e. The molecule has 0 bridgehead atoms. The van der Waals surface area contributed by atoms with Gasteiger partial charge >= 0.3 is 0 Å². The molecule has 0 saturated heterocycles. The summed E-state index contributed by atoms with van der Waals surface area (Å²) in [6.45, 7) is 6.66. The quantitative estimate of drug-likeness (QED) is 0.314. The fraction of sp³-hybridized carbons (Fsp3) is 1.00. The van der Waals surface area contributed by atoms with Gasteiger partial charge in [0, 0.05) is 18.5 Å². The average molecular weight is 260 g/mol. The van der Waals surface area contributed by atoms with E-state index in [1.165, 1.54) is 57.8 Å². The molecule has 17 heavy (non-hydrogen) atoms. The maximum atomic E-state index is 12.8. The zero-order valence-electron chi connectivity index (χ0n) is 12.3. The van der Waals surface area contributed by atoms with E-state index >= 15 is 0 Å². The number of hydrogen-bond acceptors (Lipinski definition) is 1. The van der Waals surface area contributed by atoms with Gasteiger partial charge in [0.2, 0.25) is 0 Å². The molecule has 0 spiro atoms. The first-order valence-corrected chi connectivity index (χ1v) is 10.0. The summed E-state index contributed by atoms with van der Waals surface area (Å²) in [6.07, 6.45) is 14.1. The van der Waals surface area contributed by atoms with E-state index in [0.29, 0.717) is 0 Å². The van der Waals surface area contributed by atoms with Crippen LogP contribution < -0.4 is 0 Å². The summed E-state index contributed by atoms with van der Waals surface area (Å²) < 4.78 is 12.8. The highest BCUT2D eigenvalue weighted by Gasteiger charge is 2.20. The van der Waals surface area contributed by atoms with Crippen molar-refractivity contribution >= 4 is 7.14 Å². The Morgan fingerprint density at radius 2 is 0.882 bits per heavy atom. The van der Waals surface area contributed by atoms with Gasteiger partial charge in [-0.15, -0.1) is 0 Å². The first-order valence-electron chi connectivity index (χ1n) is 7.75. The summed E-state index contributed by atoms with van der Waals surface area (Å²) in [7, 11) is -1.81. The van der Waals surface area contributed by atoms with Crippen LogP contribution >= 0.6 is 7.14 Å². The summed E-state index contributed by atoms with van der Waals surface area (Å²) in [5.74, 6) is 0.